The third-order valence-electron chi connectivity index (χ3n) is 8.00. The van der Waals surface area contributed by atoms with E-state index in [1.54, 1.807) is 32.2 Å². The van der Waals surface area contributed by atoms with Crippen LogP contribution in [-0.4, -0.2) is 66.2 Å². The second-order valence-electron chi connectivity index (χ2n) is 10.3. The minimum atomic E-state index is -1.22. The summed E-state index contributed by atoms with van der Waals surface area (Å²) < 4.78 is 11.7. The van der Waals surface area contributed by atoms with Crippen molar-refractivity contribution in [2.24, 2.45) is 11.8 Å². The van der Waals surface area contributed by atoms with Gasteiger partial charge in [-0.25, -0.2) is 0 Å². The zero-order chi connectivity index (χ0) is 25.7. The van der Waals surface area contributed by atoms with Crippen molar-refractivity contribution in [2.75, 3.05) is 25.6 Å². The molecule has 1 spiro atoms. The molecule has 5 atom stereocenters. The Labute approximate surface area is 220 Å². The van der Waals surface area contributed by atoms with Gasteiger partial charge in [0.15, 0.2) is 0 Å². The molecule has 0 aromatic heterocycles. The van der Waals surface area contributed by atoms with Crippen molar-refractivity contribution >= 4 is 46.6 Å². The molecule has 1 saturated carbocycles. The van der Waals surface area contributed by atoms with Gasteiger partial charge in [0, 0.05) is 25.4 Å². The first-order valence-electron chi connectivity index (χ1n) is 12.5. The molecule has 1 aromatic carbocycles. The molecular weight excluding hydrogens is 505 g/mol. The third kappa shape index (κ3) is 4.12. The molecule has 2 saturated heterocycles. The quantitative estimate of drug-likeness (QED) is 0.520. The fraction of sp³-hybridized carbons (Fsp3) is 0.577. The van der Waals surface area contributed by atoms with E-state index in [1.165, 1.54) is 11.3 Å². The van der Waals surface area contributed by atoms with Crippen LogP contribution in [-0.2, 0) is 23.9 Å². The molecular formula is C26H31Cl2N3O5. The summed E-state index contributed by atoms with van der Waals surface area (Å²) in [6.07, 6.45) is 8.78. The summed E-state index contributed by atoms with van der Waals surface area (Å²) in [5.41, 5.74) is -1.79. The van der Waals surface area contributed by atoms with E-state index in [4.69, 9.17) is 32.7 Å². The Hall–Kier alpha value is -2.13. The Kier molecular flexibility index (Phi) is 6.83. The van der Waals surface area contributed by atoms with Crippen molar-refractivity contribution in [1.29, 1.82) is 0 Å². The Morgan fingerprint density at radius 1 is 1.14 bits per heavy atom. The molecule has 36 heavy (non-hydrogen) atoms. The van der Waals surface area contributed by atoms with E-state index in [2.05, 4.69) is 10.6 Å². The van der Waals surface area contributed by atoms with Gasteiger partial charge in [0.25, 0.3) is 0 Å². The van der Waals surface area contributed by atoms with Gasteiger partial charge in [-0.05, 0) is 38.0 Å². The lowest BCUT2D eigenvalue weighted by Gasteiger charge is -2.34. The minimum absolute atomic E-state index is 0.0768. The molecule has 4 aliphatic rings. The number of methoxy groups -OCH3 is 1. The average molecular weight is 536 g/mol. The van der Waals surface area contributed by atoms with Crippen LogP contribution in [0.25, 0.3) is 0 Å². The Morgan fingerprint density at radius 3 is 2.58 bits per heavy atom. The highest BCUT2D eigenvalue weighted by atomic mass is 35.5. The number of amides is 3. The van der Waals surface area contributed by atoms with Crippen LogP contribution in [0.1, 0.15) is 39.0 Å². The van der Waals surface area contributed by atoms with Gasteiger partial charge in [0.1, 0.15) is 11.6 Å². The predicted octanol–water partition coefficient (Wildman–Crippen LogP) is 3.57. The van der Waals surface area contributed by atoms with E-state index in [1.807, 2.05) is 12.2 Å². The van der Waals surface area contributed by atoms with Crippen molar-refractivity contribution < 1.29 is 23.9 Å². The van der Waals surface area contributed by atoms with E-state index in [9.17, 15) is 14.4 Å². The number of nitrogens with zero attached hydrogens (tertiary/aromatic N) is 1. The smallest absolute Gasteiger partial charge is 0.246 e. The van der Waals surface area contributed by atoms with E-state index >= 15 is 0 Å². The normalized spacial score (nSPS) is 33.2. The van der Waals surface area contributed by atoms with Crippen molar-refractivity contribution in [3.05, 3.63) is 40.4 Å². The zero-order valence-corrected chi connectivity index (χ0v) is 21.9. The second-order valence-corrected chi connectivity index (χ2v) is 11.1. The van der Waals surface area contributed by atoms with Crippen molar-refractivity contribution in [3.8, 4) is 0 Å². The average Bonchev–Trinajstić information content (AvgIpc) is 3.41. The molecule has 2 bridgehead atoms. The zero-order valence-electron chi connectivity index (χ0n) is 20.4. The van der Waals surface area contributed by atoms with Gasteiger partial charge in [-0.3, -0.25) is 14.4 Å². The number of benzene rings is 1. The van der Waals surface area contributed by atoms with Crippen LogP contribution in [0.15, 0.2) is 30.4 Å². The highest BCUT2D eigenvalue weighted by Gasteiger charge is 2.76. The Bertz CT molecular complexity index is 1110. The summed E-state index contributed by atoms with van der Waals surface area (Å²) >= 11 is 12.1. The Balaban J connectivity index is 1.46. The highest BCUT2D eigenvalue weighted by molar-refractivity contribution is 6.42. The fourth-order valence-electron chi connectivity index (χ4n) is 6.38. The molecule has 0 unspecified atom stereocenters. The van der Waals surface area contributed by atoms with Gasteiger partial charge in [-0.1, -0.05) is 54.6 Å². The first-order chi connectivity index (χ1) is 17.2. The molecule has 0 radical (unpaired) electrons. The first-order valence-corrected chi connectivity index (χ1v) is 13.2. The van der Waals surface area contributed by atoms with Gasteiger partial charge in [-0.2, -0.15) is 0 Å². The predicted molar refractivity (Wildman–Crippen MR) is 136 cm³/mol. The van der Waals surface area contributed by atoms with Crippen molar-refractivity contribution in [2.45, 2.75) is 62.3 Å². The lowest BCUT2D eigenvalue weighted by molar-refractivity contribution is -0.144. The third-order valence-corrected chi connectivity index (χ3v) is 8.74. The number of ether oxygens (including phenoxy) is 2. The van der Waals surface area contributed by atoms with Gasteiger partial charge in [0.05, 0.1) is 34.1 Å². The van der Waals surface area contributed by atoms with Crippen molar-refractivity contribution in [1.82, 2.24) is 10.2 Å². The summed E-state index contributed by atoms with van der Waals surface area (Å²) in [6, 6.07) is 4.00. The van der Waals surface area contributed by atoms with Crippen LogP contribution >= 0.6 is 23.2 Å². The summed E-state index contributed by atoms with van der Waals surface area (Å²) in [5, 5.41) is 6.72. The number of carbonyl (C=O) groups excluding carboxylic acids is 3. The number of hydrogen-bond acceptors (Lipinski definition) is 5. The first kappa shape index (κ1) is 25.5. The number of carbonyl (C=O) groups is 3. The number of nitrogens with one attached hydrogen (secondary N) is 2. The summed E-state index contributed by atoms with van der Waals surface area (Å²) in [6.45, 7) is 2.28. The lowest BCUT2D eigenvalue weighted by atomic mass is 9.70. The number of likely N-dealkylation sites (tertiary alicyclic amines) is 1. The summed E-state index contributed by atoms with van der Waals surface area (Å²) in [5.74, 6) is -2.57. The molecule has 10 heteroatoms. The maximum atomic E-state index is 13.9. The van der Waals surface area contributed by atoms with E-state index in [-0.39, 0.29) is 36.9 Å². The molecule has 5 rings (SSSR count). The monoisotopic (exact) mass is 535 g/mol. The molecule has 3 heterocycles. The maximum Gasteiger partial charge on any atom is 0.246 e. The van der Waals surface area contributed by atoms with Gasteiger partial charge < -0.3 is 25.0 Å². The number of fused-ring (bicyclic) bond motifs is 1. The van der Waals surface area contributed by atoms with E-state index in [0.717, 1.165) is 25.7 Å². The molecule has 3 amide bonds. The van der Waals surface area contributed by atoms with Crippen LogP contribution < -0.4 is 10.6 Å². The largest absolute Gasteiger partial charge is 0.383 e. The van der Waals surface area contributed by atoms with Crippen LogP contribution in [0.3, 0.4) is 0 Å². The van der Waals surface area contributed by atoms with Gasteiger partial charge in [0.2, 0.25) is 17.7 Å². The van der Waals surface area contributed by atoms with Crippen molar-refractivity contribution in [3.63, 3.8) is 0 Å². The molecule has 1 aromatic rings. The number of rotatable bonds is 7. The number of anilines is 1. The molecule has 194 valence electrons. The maximum absolute atomic E-state index is 13.9. The van der Waals surface area contributed by atoms with Crippen LogP contribution in [0.5, 0.6) is 0 Å². The van der Waals surface area contributed by atoms with E-state index in [0.29, 0.717) is 15.7 Å². The van der Waals surface area contributed by atoms with Gasteiger partial charge >= 0.3 is 0 Å². The topological polar surface area (TPSA) is 97.0 Å². The lowest BCUT2D eigenvalue weighted by Crippen LogP contribution is -2.57. The summed E-state index contributed by atoms with van der Waals surface area (Å²) in [4.78, 5) is 42.7. The van der Waals surface area contributed by atoms with Crippen LogP contribution in [0.4, 0.5) is 5.69 Å². The molecule has 3 aliphatic heterocycles. The fourth-order valence-corrected chi connectivity index (χ4v) is 6.68. The number of halogens is 2. The number of hydrogen-bond donors (Lipinski definition) is 2. The van der Waals surface area contributed by atoms with E-state index < -0.39 is 29.1 Å². The summed E-state index contributed by atoms with van der Waals surface area (Å²) in [7, 11) is 1.55. The minimum Gasteiger partial charge on any atom is -0.383 e. The molecule has 2 N–H and O–H groups in total. The van der Waals surface area contributed by atoms with Crippen LogP contribution in [0.2, 0.25) is 10.0 Å². The Morgan fingerprint density at radius 2 is 1.89 bits per heavy atom. The molecule has 3 fully saturated rings. The SMILES string of the molecule is COCCN1C(=O)[C@H]2[C@@H](C(=O)Nc3ccc(Cl)c(Cl)c3)[C@@]3(C)C=C[C@@]2(O3)[C@@H]1C(=O)NC1CCCCC1. The molecule has 8 nitrogen and oxygen atoms in total. The van der Waals surface area contributed by atoms with Crippen LogP contribution in [0, 0.1) is 11.8 Å². The second kappa shape index (κ2) is 9.63. The van der Waals surface area contributed by atoms with Gasteiger partial charge in [-0.15, -0.1) is 0 Å². The standard InChI is InChI=1S/C26H31Cl2N3O5/c1-25-10-11-26(36-25)20(19(25)22(32)30-16-8-9-17(27)18(28)14-16)24(34)31(12-13-35-2)21(26)23(33)29-15-6-4-3-5-7-15/h8-11,14-15,19-21H,3-7,12-13H2,1-2H3,(H,29,33)(H,30,32)/t19-,20+,21-,25+,26-/m0/s1. The molecule has 1 aliphatic carbocycles. The highest BCUT2D eigenvalue weighted by Crippen LogP contribution is 2.59.